The highest BCUT2D eigenvalue weighted by Gasteiger charge is 2.42. The molecule has 6 rings (SSSR count). The van der Waals surface area contributed by atoms with E-state index in [1.54, 1.807) is 12.0 Å². The van der Waals surface area contributed by atoms with Crippen LogP contribution >= 0.6 is 0 Å². The number of anilines is 1. The molecule has 3 heterocycles. The number of nitrogens with zero attached hydrogens (tertiary/aromatic N) is 2. The minimum Gasteiger partial charge on any atom is -0.497 e. The van der Waals surface area contributed by atoms with Gasteiger partial charge in [0.15, 0.2) is 0 Å². The Morgan fingerprint density at radius 2 is 1.78 bits per heavy atom. The van der Waals surface area contributed by atoms with Crippen molar-refractivity contribution in [2.45, 2.75) is 44.3 Å². The largest absolute Gasteiger partial charge is 0.497 e. The van der Waals surface area contributed by atoms with Crippen LogP contribution in [0.25, 0.3) is 0 Å². The molecule has 3 aromatic carbocycles. The van der Waals surface area contributed by atoms with E-state index in [0.29, 0.717) is 24.3 Å². The van der Waals surface area contributed by atoms with Gasteiger partial charge in [0.25, 0.3) is 11.8 Å². The number of rotatable bonds is 5. The number of amides is 3. The van der Waals surface area contributed by atoms with Crippen molar-refractivity contribution in [3.05, 3.63) is 94.5 Å². The first kappa shape index (κ1) is 23.3. The highest BCUT2D eigenvalue weighted by atomic mass is 16.5. The second-order valence-corrected chi connectivity index (χ2v) is 9.93. The van der Waals surface area contributed by atoms with Crippen LogP contribution in [0.3, 0.4) is 0 Å². The van der Waals surface area contributed by atoms with Crippen LogP contribution in [0.2, 0.25) is 0 Å². The molecule has 0 radical (unpaired) electrons. The Labute approximate surface area is 216 Å². The van der Waals surface area contributed by atoms with Crippen LogP contribution in [0.4, 0.5) is 5.69 Å². The van der Waals surface area contributed by atoms with Gasteiger partial charge in [-0.1, -0.05) is 42.5 Å². The average molecular weight is 496 g/mol. The van der Waals surface area contributed by atoms with Crippen LogP contribution < -0.4 is 10.1 Å². The van der Waals surface area contributed by atoms with E-state index in [-0.39, 0.29) is 36.6 Å². The fourth-order valence-electron chi connectivity index (χ4n) is 5.84. The molecule has 2 atom stereocenters. The van der Waals surface area contributed by atoms with Crippen molar-refractivity contribution in [3.63, 3.8) is 0 Å². The van der Waals surface area contributed by atoms with Crippen molar-refractivity contribution in [2.24, 2.45) is 0 Å². The summed E-state index contributed by atoms with van der Waals surface area (Å²) in [5.74, 6) is 0.338. The molecule has 0 spiro atoms. The first-order valence-corrected chi connectivity index (χ1v) is 12.8. The molecule has 7 heteroatoms. The molecule has 2 unspecified atom stereocenters. The molecule has 1 saturated heterocycles. The lowest BCUT2D eigenvalue weighted by Gasteiger charge is -2.35. The number of carbonyl (C=O) groups is 3. The molecule has 188 valence electrons. The molecule has 7 nitrogen and oxygen atoms in total. The molecule has 3 aliphatic rings. The monoisotopic (exact) mass is 495 g/mol. The lowest BCUT2D eigenvalue weighted by Crippen LogP contribution is -2.54. The second kappa shape index (κ2) is 9.39. The van der Waals surface area contributed by atoms with Gasteiger partial charge in [0.1, 0.15) is 11.8 Å². The molecule has 0 saturated carbocycles. The van der Waals surface area contributed by atoms with Crippen LogP contribution in [-0.2, 0) is 22.7 Å². The third-order valence-corrected chi connectivity index (χ3v) is 7.81. The Balaban J connectivity index is 1.22. The van der Waals surface area contributed by atoms with Crippen LogP contribution in [0.5, 0.6) is 5.75 Å². The molecule has 1 fully saturated rings. The van der Waals surface area contributed by atoms with E-state index in [9.17, 15) is 14.4 Å². The molecular weight excluding hydrogens is 466 g/mol. The van der Waals surface area contributed by atoms with Crippen molar-refractivity contribution >= 4 is 23.4 Å². The molecule has 0 aromatic heterocycles. The van der Waals surface area contributed by atoms with Crippen LogP contribution in [-0.4, -0.2) is 47.2 Å². The molecule has 0 aliphatic carbocycles. The van der Waals surface area contributed by atoms with Gasteiger partial charge in [-0.15, -0.1) is 0 Å². The van der Waals surface area contributed by atoms with Gasteiger partial charge >= 0.3 is 0 Å². The maximum Gasteiger partial charge on any atom is 0.255 e. The lowest BCUT2D eigenvalue weighted by molar-refractivity contribution is -0.153. The Bertz CT molecular complexity index is 1380. The summed E-state index contributed by atoms with van der Waals surface area (Å²) in [4.78, 5) is 42.5. The number of para-hydroxylation sites is 1. The highest BCUT2D eigenvalue weighted by molar-refractivity contribution is 6.05. The normalized spacial score (nSPS) is 20.9. The fraction of sp³-hybridized carbons (Fsp3) is 0.300. The summed E-state index contributed by atoms with van der Waals surface area (Å²) in [6.07, 6.45) is 1.58. The van der Waals surface area contributed by atoms with Crippen LogP contribution in [0.15, 0.2) is 66.7 Å². The Kier molecular flexibility index (Phi) is 5.91. The topological polar surface area (TPSA) is 79.0 Å². The number of hydrogen-bond donors (Lipinski definition) is 1. The number of ether oxygens (including phenoxy) is 1. The quantitative estimate of drug-likeness (QED) is 0.534. The fourth-order valence-corrected chi connectivity index (χ4v) is 5.84. The number of imide groups is 1. The maximum absolute atomic E-state index is 13.5. The zero-order valence-corrected chi connectivity index (χ0v) is 20.8. The van der Waals surface area contributed by atoms with E-state index in [4.69, 9.17) is 4.74 Å². The SMILES string of the molecule is COc1ccc(CN2C(=O)CCC(N3Cc4cc(C5CCNc6ccccc65)ccc4C3=O)C2=O)cc1. The molecule has 0 bridgehead atoms. The summed E-state index contributed by atoms with van der Waals surface area (Å²) in [5.41, 5.74) is 6.05. The lowest BCUT2D eigenvalue weighted by atomic mass is 9.84. The van der Waals surface area contributed by atoms with E-state index in [1.165, 1.54) is 16.0 Å². The summed E-state index contributed by atoms with van der Waals surface area (Å²) in [6.45, 7) is 1.47. The first-order chi connectivity index (χ1) is 18.0. The zero-order chi connectivity index (χ0) is 25.5. The summed E-state index contributed by atoms with van der Waals surface area (Å²) >= 11 is 0. The number of hydrogen-bond acceptors (Lipinski definition) is 5. The minimum atomic E-state index is -0.640. The molecule has 37 heavy (non-hydrogen) atoms. The van der Waals surface area contributed by atoms with E-state index >= 15 is 0 Å². The van der Waals surface area contributed by atoms with Crippen molar-refractivity contribution < 1.29 is 19.1 Å². The molecular formula is C30H29N3O4. The first-order valence-electron chi connectivity index (χ1n) is 12.8. The van der Waals surface area contributed by atoms with Crippen molar-refractivity contribution in [1.82, 2.24) is 9.80 Å². The van der Waals surface area contributed by atoms with Gasteiger partial charge < -0.3 is 15.0 Å². The van der Waals surface area contributed by atoms with Crippen molar-refractivity contribution in [1.29, 1.82) is 0 Å². The van der Waals surface area contributed by atoms with Gasteiger partial charge in [0.05, 0.1) is 13.7 Å². The second-order valence-electron chi connectivity index (χ2n) is 9.93. The Morgan fingerprint density at radius 1 is 0.973 bits per heavy atom. The summed E-state index contributed by atoms with van der Waals surface area (Å²) in [7, 11) is 1.59. The van der Waals surface area contributed by atoms with E-state index in [0.717, 1.165) is 29.8 Å². The van der Waals surface area contributed by atoms with Gasteiger partial charge in [-0.3, -0.25) is 19.3 Å². The molecule has 3 aromatic rings. The third-order valence-electron chi connectivity index (χ3n) is 7.81. The Morgan fingerprint density at radius 3 is 2.59 bits per heavy atom. The Hall–Kier alpha value is -4.13. The van der Waals surface area contributed by atoms with Gasteiger partial charge in [0, 0.05) is 36.7 Å². The predicted molar refractivity (Wildman–Crippen MR) is 139 cm³/mol. The van der Waals surface area contributed by atoms with Crippen molar-refractivity contribution in [3.8, 4) is 5.75 Å². The predicted octanol–water partition coefficient (Wildman–Crippen LogP) is 4.32. The number of methoxy groups -OCH3 is 1. The number of nitrogens with one attached hydrogen (secondary N) is 1. The number of likely N-dealkylation sites (tertiary alicyclic amines) is 1. The van der Waals surface area contributed by atoms with Crippen LogP contribution in [0.1, 0.15) is 57.8 Å². The van der Waals surface area contributed by atoms with E-state index in [1.807, 2.05) is 36.4 Å². The number of piperidine rings is 1. The van der Waals surface area contributed by atoms with Gasteiger partial charge in [-0.05, 0) is 59.4 Å². The summed E-state index contributed by atoms with van der Waals surface area (Å²) < 4.78 is 5.20. The van der Waals surface area contributed by atoms with E-state index < -0.39 is 6.04 Å². The summed E-state index contributed by atoms with van der Waals surface area (Å²) in [6, 6.07) is 21.1. The summed E-state index contributed by atoms with van der Waals surface area (Å²) in [5, 5.41) is 3.47. The van der Waals surface area contributed by atoms with Gasteiger partial charge in [0.2, 0.25) is 5.91 Å². The van der Waals surface area contributed by atoms with E-state index in [2.05, 4.69) is 35.6 Å². The smallest absolute Gasteiger partial charge is 0.255 e. The number of fused-ring (bicyclic) bond motifs is 2. The highest BCUT2D eigenvalue weighted by Crippen LogP contribution is 2.38. The standard InChI is InChI=1S/C30H29N3O4/c1-37-22-9-6-19(7-10-22)17-33-28(34)13-12-27(30(33)36)32-18-21-16-20(8-11-24(21)29(32)35)23-14-15-31-26-5-3-2-4-25(23)26/h2-11,16,23,27,31H,12-15,17-18H2,1H3. The zero-order valence-electron chi connectivity index (χ0n) is 20.8. The molecule has 1 N–H and O–H groups in total. The minimum absolute atomic E-state index is 0.135. The molecule has 3 aliphatic heterocycles. The average Bonchev–Trinajstić information content (AvgIpc) is 3.26. The third kappa shape index (κ3) is 4.14. The van der Waals surface area contributed by atoms with Crippen molar-refractivity contribution in [2.75, 3.05) is 19.0 Å². The van der Waals surface area contributed by atoms with Gasteiger partial charge in [-0.2, -0.15) is 0 Å². The maximum atomic E-state index is 13.5. The molecule has 3 amide bonds. The van der Waals surface area contributed by atoms with Crippen LogP contribution in [0, 0.1) is 0 Å². The van der Waals surface area contributed by atoms with Gasteiger partial charge in [-0.25, -0.2) is 0 Å². The number of benzene rings is 3. The number of carbonyl (C=O) groups excluding carboxylic acids is 3.